The Kier molecular flexibility index (Phi) is 17.5. The van der Waals surface area contributed by atoms with Crippen LogP contribution in [0.1, 0.15) is 96.8 Å². The number of hydrogen-bond donors (Lipinski definition) is 1. The molecule has 0 aromatic heterocycles. The Labute approximate surface area is 163 Å². The molecule has 0 aromatic rings. The number of cyclic esters (lactones) is 2. The zero-order valence-electron chi connectivity index (χ0n) is 16.8. The Bertz CT molecular complexity index is 449. The van der Waals surface area contributed by atoms with Gasteiger partial charge in [-0.15, -0.1) is 0 Å². The summed E-state index contributed by atoms with van der Waals surface area (Å²) < 4.78 is 3.97. The molecule has 0 atom stereocenters. The molecule has 1 aliphatic heterocycles. The molecule has 1 rings (SSSR count). The average molecular weight is 381 g/mol. The summed E-state index contributed by atoms with van der Waals surface area (Å²) in [6.07, 6.45) is 23.4. The van der Waals surface area contributed by atoms with Crippen molar-refractivity contribution in [2.45, 2.75) is 96.8 Å². The summed E-state index contributed by atoms with van der Waals surface area (Å²) in [4.78, 5) is 30.2. The van der Waals surface area contributed by atoms with Gasteiger partial charge in [-0.2, -0.15) is 0 Å². The molecule has 0 saturated carbocycles. The van der Waals surface area contributed by atoms with Crippen molar-refractivity contribution in [1.82, 2.24) is 0 Å². The monoisotopic (exact) mass is 380 g/mol. The van der Waals surface area contributed by atoms with Crippen LogP contribution in [0.3, 0.4) is 0 Å². The quantitative estimate of drug-likeness (QED) is 0.170. The van der Waals surface area contributed by atoms with Gasteiger partial charge in [0.1, 0.15) is 0 Å². The van der Waals surface area contributed by atoms with Gasteiger partial charge in [-0.1, -0.05) is 70.4 Å². The fraction of sp³-hybridized carbons (Fsp3) is 0.682. The van der Waals surface area contributed by atoms with Gasteiger partial charge in [0.2, 0.25) is 0 Å². The van der Waals surface area contributed by atoms with Gasteiger partial charge in [-0.25, -0.2) is 9.59 Å². The van der Waals surface area contributed by atoms with Crippen molar-refractivity contribution in [3.05, 3.63) is 24.3 Å². The van der Waals surface area contributed by atoms with E-state index in [-0.39, 0.29) is 0 Å². The number of aliphatic carboxylic acids is 1. The molecule has 1 aliphatic rings. The minimum atomic E-state index is -0.661. The molecular formula is C22H36O5. The topological polar surface area (TPSA) is 80.7 Å². The van der Waals surface area contributed by atoms with Crippen LogP contribution in [0.25, 0.3) is 0 Å². The van der Waals surface area contributed by atoms with Gasteiger partial charge in [0.25, 0.3) is 0 Å². The van der Waals surface area contributed by atoms with E-state index < -0.39 is 17.9 Å². The first-order chi connectivity index (χ1) is 13.1. The summed E-state index contributed by atoms with van der Waals surface area (Å²) in [5, 5.41) is 8.51. The lowest BCUT2D eigenvalue weighted by Crippen LogP contribution is -1.96. The van der Waals surface area contributed by atoms with Crippen LogP contribution in [0, 0.1) is 0 Å². The molecule has 0 aromatic carbocycles. The molecule has 0 spiro atoms. The summed E-state index contributed by atoms with van der Waals surface area (Å²) in [6, 6.07) is 0. The van der Waals surface area contributed by atoms with Crippen LogP contribution < -0.4 is 0 Å². The molecule has 0 saturated heterocycles. The highest BCUT2D eigenvalue weighted by Crippen LogP contribution is 2.10. The first kappa shape index (κ1) is 25.1. The van der Waals surface area contributed by atoms with Crippen molar-refractivity contribution in [1.29, 1.82) is 0 Å². The zero-order chi connectivity index (χ0) is 20.2. The maximum atomic E-state index is 10.3. The molecule has 0 amide bonds. The van der Waals surface area contributed by atoms with Crippen LogP contribution in [0.4, 0.5) is 0 Å². The number of carbonyl (C=O) groups is 3. The summed E-state index contributed by atoms with van der Waals surface area (Å²) in [5.74, 6) is -1.82. The van der Waals surface area contributed by atoms with Crippen molar-refractivity contribution in [3.8, 4) is 0 Å². The summed E-state index contributed by atoms with van der Waals surface area (Å²) >= 11 is 0. The van der Waals surface area contributed by atoms with Gasteiger partial charge in [0.05, 0.1) is 0 Å². The third-order valence-electron chi connectivity index (χ3n) is 4.21. The molecule has 1 N–H and O–H groups in total. The van der Waals surface area contributed by atoms with E-state index in [0.29, 0.717) is 6.42 Å². The van der Waals surface area contributed by atoms with E-state index >= 15 is 0 Å². The Morgan fingerprint density at radius 2 is 1.26 bits per heavy atom. The molecule has 5 heteroatoms. The number of carbonyl (C=O) groups excluding carboxylic acids is 2. The Morgan fingerprint density at radius 1 is 0.815 bits per heavy atom. The van der Waals surface area contributed by atoms with Crippen molar-refractivity contribution in [2.75, 3.05) is 0 Å². The van der Waals surface area contributed by atoms with Crippen LogP contribution in [0.15, 0.2) is 24.3 Å². The van der Waals surface area contributed by atoms with Gasteiger partial charge in [-0.3, -0.25) is 4.79 Å². The molecule has 0 bridgehead atoms. The van der Waals surface area contributed by atoms with Crippen molar-refractivity contribution in [2.24, 2.45) is 0 Å². The standard InChI is InChI=1S/C18H34O2.C4H2O3/c1-2-3-4-5-6-7-8-9-10-11-12-13-14-15-16-17-18(19)20;5-3-1-2-4(6)7-3/h7-8H,2-6,9-17H2,1H3,(H,19,20);1-2H/b8-7+;. The van der Waals surface area contributed by atoms with E-state index in [2.05, 4.69) is 23.8 Å². The smallest absolute Gasteiger partial charge is 0.338 e. The third-order valence-corrected chi connectivity index (χ3v) is 4.21. The van der Waals surface area contributed by atoms with Crippen molar-refractivity contribution in [3.63, 3.8) is 0 Å². The molecule has 5 nitrogen and oxygen atoms in total. The lowest BCUT2D eigenvalue weighted by molar-refractivity contribution is -0.150. The Morgan fingerprint density at radius 3 is 1.67 bits per heavy atom. The normalized spacial score (nSPS) is 12.9. The SMILES string of the molecule is CCCCCC/C=C/CCCCCCCCCC(=O)O.O=C1C=CC(=O)O1. The molecule has 1 heterocycles. The first-order valence-corrected chi connectivity index (χ1v) is 10.4. The number of unbranched alkanes of at least 4 members (excludes halogenated alkanes) is 11. The third kappa shape index (κ3) is 20.3. The number of esters is 2. The molecule has 0 radical (unpaired) electrons. The van der Waals surface area contributed by atoms with E-state index in [9.17, 15) is 14.4 Å². The zero-order valence-corrected chi connectivity index (χ0v) is 16.8. The highest BCUT2D eigenvalue weighted by molar-refractivity contribution is 6.04. The molecule has 0 fully saturated rings. The minimum absolute atomic E-state index is 0.336. The highest BCUT2D eigenvalue weighted by Gasteiger charge is 2.10. The van der Waals surface area contributed by atoms with Crippen LogP contribution in [0.5, 0.6) is 0 Å². The minimum Gasteiger partial charge on any atom is -0.481 e. The van der Waals surface area contributed by atoms with E-state index in [1.807, 2.05) is 0 Å². The molecule has 154 valence electrons. The second-order valence-electron chi connectivity index (χ2n) is 6.80. The molecule has 0 aliphatic carbocycles. The Balaban J connectivity index is 0.000000797. The van der Waals surface area contributed by atoms with Crippen LogP contribution in [0.2, 0.25) is 0 Å². The molecular weight excluding hydrogens is 344 g/mol. The lowest BCUT2D eigenvalue weighted by atomic mass is 10.1. The van der Waals surface area contributed by atoms with Gasteiger partial charge in [0.15, 0.2) is 0 Å². The molecule has 27 heavy (non-hydrogen) atoms. The van der Waals surface area contributed by atoms with Gasteiger partial charge in [0, 0.05) is 18.6 Å². The van der Waals surface area contributed by atoms with Gasteiger partial charge < -0.3 is 9.84 Å². The first-order valence-electron chi connectivity index (χ1n) is 10.4. The summed E-state index contributed by atoms with van der Waals surface area (Å²) in [7, 11) is 0. The highest BCUT2D eigenvalue weighted by atomic mass is 16.6. The maximum Gasteiger partial charge on any atom is 0.338 e. The predicted octanol–water partition coefficient (Wildman–Crippen LogP) is 5.73. The van der Waals surface area contributed by atoms with Gasteiger partial charge >= 0.3 is 17.9 Å². The van der Waals surface area contributed by atoms with E-state index in [1.54, 1.807) is 0 Å². The fourth-order valence-corrected chi connectivity index (χ4v) is 2.65. The van der Waals surface area contributed by atoms with E-state index in [0.717, 1.165) is 25.0 Å². The van der Waals surface area contributed by atoms with Crippen molar-refractivity contribution < 1.29 is 24.2 Å². The van der Waals surface area contributed by atoms with E-state index in [1.165, 1.54) is 70.6 Å². The van der Waals surface area contributed by atoms with E-state index in [4.69, 9.17) is 5.11 Å². The summed E-state index contributed by atoms with van der Waals surface area (Å²) in [6.45, 7) is 2.25. The average Bonchev–Trinajstić information content (AvgIpc) is 3.01. The largest absolute Gasteiger partial charge is 0.481 e. The number of ether oxygens (including phenoxy) is 1. The summed E-state index contributed by atoms with van der Waals surface area (Å²) in [5.41, 5.74) is 0. The second kappa shape index (κ2) is 18.9. The maximum absolute atomic E-state index is 10.3. The lowest BCUT2D eigenvalue weighted by Gasteiger charge is -2.00. The predicted molar refractivity (Wildman–Crippen MR) is 107 cm³/mol. The molecule has 0 unspecified atom stereocenters. The number of hydrogen-bond acceptors (Lipinski definition) is 4. The van der Waals surface area contributed by atoms with Crippen molar-refractivity contribution >= 4 is 17.9 Å². The van der Waals surface area contributed by atoms with Crippen LogP contribution in [-0.4, -0.2) is 23.0 Å². The number of carboxylic acids is 1. The number of allylic oxidation sites excluding steroid dienone is 2. The van der Waals surface area contributed by atoms with Gasteiger partial charge in [-0.05, 0) is 32.1 Å². The van der Waals surface area contributed by atoms with Crippen LogP contribution >= 0.6 is 0 Å². The number of rotatable bonds is 15. The van der Waals surface area contributed by atoms with Crippen LogP contribution in [-0.2, 0) is 19.1 Å². The number of carboxylic acid groups (broad SMARTS) is 1. The Hall–Kier alpha value is -1.91. The fourth-order valence-electron chi connectivity index (χ4n) is 2.65. The second-order valence-corrected chi connectivity index (χ2v) is 6.80.